The normalized spacial score (nSPS) is 11.1. The molecule has 0 atom stereocenters. The molecule has 6 aromatic rings. The number of hydrogen-bond donors (Lipinski definition) is 1. The van der Waals surface area contributed by atoms with Crippen molar-refractivity contribution in [1.82, 2.24) is 14.8 Å². The van der Waals surface area contributed by atoms with Gasteiger partial charge in [-0.1, -0.05) is 54.6 Å². The largest absolute Gasteiger partial charge is 0.487 e. The minimum Gasteiger partial charge on any atom is -0.487 e. The monoisotopic (exact) mass is 528 g/mol. The molecule has 40 heavy (non-hydrogen) atoms. The molecule has 0 aliphatic rings. The number of benzene rings is 4. The molecule has 0 bridgehead atoms. The van der Waals surface area contributed by atoms with Gasteiger partial charge in [-0.15, -0.1) is 0 Å². The highest BCUT2D eigenvalue weighted by Gasteiger charge is 2.16. The number of rotatable bonds is 8. The van der Waals surface area contributed by atoms with Crippen LogP contribution in [0.3, 0.4) is 0 Å². The first-order valence-electron chi connectivity index (χ1n) is 13.2. The molecule has 2 N–H and O–H groups in total. The number of hydrogen-bond acceptors (Lipinski definition) is 6. The van der Waals surface area contributed by atoms with E-state index in [0.29, 0.717) is 18.2 Å². The third-order valence-electron chi connectivity index (χ3n) is 6.86. The highest BCUT2D eigenvalue weighted by molar-refractivity contribution is 5.95. The number of carbonyl (C=O) groups is 1. The van der Waals surface area contributed by atoms with Gasteiger partial charge in [0.1, 0.15) is 23.9 Å². The molecule has 0 amide bonds. The van der Waals surface area contributed by atoms with Crippen LogP contribution in [0.1, 0.15) is 18.2 Å². The van der Waals surface area contributed by atoms with Gasteiger partial charge < -0.3 is 15.2 Å². The quantitative estimate of drug-likeness (QED) is 0.227. The van der Waals surface area contributed by atoms with Crippen LogP contribution in [0.5, 0.6) is 5.75 Å². The van der Waals surface area contributed by atoms with Gasteiger partial charge in [-0.25, -0.2) is 9.67 Å². The number of carbonyl (C=O) groups excluding carboxylic acids is 1. The van der Waals surface area contributed by atoms with Crippen LogP contribution in [-0.4, -0.2) is 27.3 Å². The van der Waals surface area contributed by atoms with Gasteiger partial charge in [0.2, 0.25) is 0 Å². The summed E-state index contributed by atoms with van der Waals surface area (Å²) in [7, 11) is 0. The number of esters is 1. The van der Waals surface area contributed by atoms with Crippen LogP contribution in [0, 0.1) is 0 Å². The molecule has 2 heterocycles. The number of nitrogens with two attached hydrogens (primary N) is 1. The Morgan fingerprint density at radius 3 is 2.45 bits per heavy atom. The van der Waals surface area contributed by atoms with Crippen molar-refractivity contribution in [1.29, 1.82) is 0 Å². The Bertz CT molecular complexity index is 1830. The van der Waals surface area contributed by atoms with Crippen molar-refractivity contribution < 1.29 is 14.3 Å². The summed E-state index contributed by atoms with van der Waals surface area (Å²) < 4.78 is 13.3. The van der Waals surface area contributed by atoms with Gasteiger partial charge in [-0.05, 0) is 65.9 Å². The second-order valence-corrected chi connectivity index (χ2v) is 9.44. The zero-order valence-electron chi connectivity index (χ0n) is 22.1. The number of pyridine rings is 1. The molecule has 0 radical (unpaired) electrons. The predicted octanol–water partition coefficient (Wildman–Crippen LogP) is 6.51. The van der Waals surface area contributed by atoms with Crippen LogP contribution < -0.4 is 10.5 Å². The molecule has 0 spiro atoms. The van der Waals surface area contributed by atoms with Gasteiger partial charge in [-0.3, -0.25) is 4.79 Å². The van der Waals surface area contributed by atoms with Crippen molar-refractivity contribution >= 4 is 33.5 Å². The van der Waals surface area contributed by atoms with Crippen molar-refractivity contribution in [3.8, 4) is 22.6 Å². The van der Waals surface area contributed by atoms with Gasteiger partial charge in [0, 0.05) is 22.5 Å². The Kier molecular flexibility index (Phi) is 6.85. The van der Waals surface area contributed by atoms with Crippen molar-refractivity contribution in [2.75, 3.05) is 12.3 Å². The molecule has 0 aliphatic carbocycles. The standard InChI is InChI=1S/C33H28N4O3/c1-2-39-32(38)20-25-8-6-7-11-31(25)40-21-29-28-19-24(23-13-12-22-16-17-35-33(34)27(22)18-23)14-15-30(28)37(36-29)26-9-4-3-5-10-26/h3-19H,2,20-21H2,1H3,(H2,34,35). The van der Waals surface area contributed by atoms with E-state index in [2.05, 4.69) is 41.4 Å². The fourth-order valence-corrected chi connectivity index (χ4v) is 4.91. The molecule has 6 rings (SSSR count). The van der Waals surface area contributed by atoms with Gasteiger partial charge in [0.05, 0.1) is 24.2 Å². The summed E-state index contributed by atoms with van der Waals surface area (Å²) in [6, 6.07) is 32.0. The molecular weight excluding hydrogens is 500 g/mol. The topological polar surface area (TPSA) is 92.3 Å². The fourth-order valence-electron chi connectivity index (χ4n) is 4.91. The van der Waals surface area contributed by atoms with E-state index in [1.54, 1.807) is 13.1 Å². The summed E-state index contributed by atoms with van der Waals surface area (Å²) in [4.78, 5) is 16.4. The average Bonchev–Trinajstić information content (AvgIpc) is 3.35. The summed E-state index contributed by atoms with van der Waals surface area (Å²) in [5, 5.41) is 7.90. The molecule has 0 saturated carbocycles. The minimum absolute atomic E-state index is 0.146. The van der Waals surface area contributed by atoms with Gasteiger partial charge >= 0.3 is 5.97 Å². The first-order valence-corrected chi connectivity index (χ1v) is 13.2. The summed E-state index contributed by atoms with van der Waals surface area (Å²) >= 11 is 0. The molecule has 7 nitrogen and oxygen atoms in total. The Hall–Kier alpha value is -5.17. The number of para-hydroxylation sites is 2. The summed E-state index contributed by atoms with van der Waals surface area (Å²) in [6.45, 7) is 2.37. The maximum Gasteiger partial charge on any atom is 0.310 e. The van der Waals surface area contributed by atoms with Crippen molar-refractivity contribution in [2.24, 2.45) is 0 Å². The lowest BCUT2D eigenvalue weighted by Crippen LogP contribution is -2.09. The molecular formula is C33H28N4O3. The molecule has 0 aliphatic heterocycles. The van der Waals surface area contributed by atoms with Crippen molar-refractivity contribution in [3.05, 3.63) is 115 Å². The van der Waals surface area contributed by atoms with Crippen LogP contribution in [0.25, 0.3) is 38.5 Å². The fraction of sp³-hybridized carbons (Fsp3) is 0.121. The maximum absolute atomic E-state index is 12.1. The molecule has 2 aromatic heterocycles. The van der Waals surface area contributed by atoms with Crippen LogP contribution in [0.15, 0.2) is 103 Å². The van der Waals surface area contributed by atoms with Crippen LogP contribution >= 0.6 is 0 Å². The Labute approximate surface area is 231 Å². The van der Waals surface area contributed by atoms with Gasteiger partial charge in [0.15, 0.2) is 0 Å². The van der Waals surface area contributed by atoms with E-state index in [9.17, 15) is 4.79 Å². The van der Waals surface area contributed by atoms with E-state index < -0.39 is 0 Å². The zero-order chi connectivity index (χ0) is 27.5. The highest BCUT2D eigenvalue weighted by Crippen LogP contribution is 2.32. The van der Waals surface area contributed by atoms with E-state index in [1.807, 2.05) is 65.3 Å². The number of anilines is 1. The Balaban J connectivity index is 1.40. The number of fused-ring (bicyclic) bond motifs is 2. The molecule has 0 unspecified atom stereocenters. The number of nitrogens with zero attached hydrogens (tertiary/aromatic N) is 3. The lowest BCUT2D eigenvalue weighted by molar-refractivity contribution is -0.142. The second-order valence-electron chi connectivity index (χ2n) is 9.44. The summed E-state index contributed by atoms with van der Waals surface area (Å²) in [6.07, 6.45) is 1.87. The molecule has 7 heteroatoms. The first kappa shape index (κ1) is 25.1. The Morgan fingerprint density at radius 1 is 0.875 bits per heavy atom. The second kappa shape index (κ2) is 10.9. The number of aromatic nitrogens is 3. The van der Waals surface area contributed by atoms with Crippen LogP contribution in [0.4, 0.5) is 5.82 Å². The van der Waals surface area contributed by atoms with Crippen LogP contribution in [0.2, 0.25) is 0 Å². The lowest BCUT2D eigenvalue weighted by atomic mass is 10.00. The smallest absolute Gasteiger partial charge is 0.310 e. The molecule has 0 fully saturated rings. The molecule has 4 aromatic carbocycles. The minimum atomic E-state index is -0.284. The highest BCUT2D eigenvalue weighted by atomic mass is 16.5. The summed E-state index contributed by atoms with van der Waals surface area (Å²) in [5.41, 5.74) is 11.7. The molecule has 0 saturated heterocycles. The molecule has 198 valence electrons. The first-order chi connectivity index (χ1) is 19.6. The van der Waals surface area contributed by atoms with E-state index in [1.165, 1.54) is 0 Å². The van der Waals surface area contributed by atoms with Crippen molar-refractivity contribution in [2.45, 2.75) is 20.0 Å². The number of nitrogen functional groups attached to an aromatic ring is 1. The third-order valence-corrected chi connectivity index (χ3v) is 6.86. The van der Waals surface area contributed by atoms with E-state index in [-0.39, 0.29) is 19.0 Å². The Morgan fingerprint density at radius 2 is 1.62 bits per heavy atom. The third kappa shape index (κ3) is 4.97. The van der Waals surface area contributed by atoms with E-state index >= 15 is 0 Å². The lowest BCUT2D eigenvalue weighted by Gasteiger charge is -2.10. The predicted molar refractivity (Wildman–Crippen MR) is 157 cm³/mol. The summed E-state index contributed by atoms with van der Waals surface area (Å²) in [5.74, 6) is 0.854. The van der Waals surface area contributed by atoms with Crippen molar-refractivity contribution in [3.63, 3.8) is 0 Å². The van der Waals surface area contributed by atoms with Gasteiger partial charge in [0.25, 0.3) is 0 Å². The van der Waals surface area contributed by atoms with E-state index in [4.69, 9.17) is 20.3 Å². The van der Waals surface area contributed by atoms with Gasteiger partial charge in [-0.2, -0.15) is 5.10 Å². The zero-order valence-corrected chi connectivity index (χ0v) is 22.1. The maximum atomic E-state index is 12.1. The number of ether oxygens (including phenoxy) is 2. The average molecular weight is 529 g/mol. The van der Waals surface area contributed by atoms with Crippen LogP contribution in [-0.2, 0) is 22.6 Å². The SMILES string of the molecule is CCOC(=O)Cc1ccccc1OCc1nn(-c2ccccc2)c2ccc(-c3ccc4ccnc(N)c4c3)cc12. The van der Waals surface area contributed by atoms with E-state index in [0.717, 1.165) is 49.7 Å².